The quantitative estimate of drug-likeness (QED) is 0.792. The Hall–Kier alpha value is -2.69. The summed E-state index contributed by atoms with van der Waals surface area (Å²) in [4.78, 5) is 19.2. The number of rotatable bonds is 2. The molecule has 1 aromatic carbocycles. The predicted molar refractivity (Wildman–Crippen MR) is 88.3 cm³/mol. The maximum absolute atomic E-state index is 12.9. The first kappa shape index (κ1) is 13.9. The van der Waals surface area contributed by atoms with Crippen LogP contribution in [0.1, 0.15) is 34.0 Å². The number of amides is 1. The van der Waals surface area contributed by atoms with Gasteiger partial charge in [-0.2, -0.15) is 5.10 Å². The van der Waals surface area contributed by atoms with Crippen LogP contribution in [0.15, 0.2) is 42.7 Å². The number of nitrogens with zero attached hydrogens (tertiary/aromatic N) is 3. The molecule has 3 aromatic rings. The van der Waals surface area contributed by atoms with Crippen LogP contribution in [0.3, 0.4) is 0 Å². The molecule has 3 heterocycles. The monoisotopic (exact) mass is 306 g/mol. The van der Waals surface area contributed by atoms with E-state index in [0.717, 1.165) is 41.7 Å². The number of pyridine rings is 1. The van der Waals surface area contributed by atoms with Crippen molar-refractivity contribution in [3.05, 3.63) is 59.5 Å². The molecule has 0 bridgehead atoms. The van der Waals surface area contributed by atoms with Gasteiger partial charge >= 0.3 is 0 Å². The van der Waals surface area contributed by atoms with Crippen LogP contribution in [-0.2, 0) is 0 Å². The van der Waals surface area contributed by atoms with Crippen LogP contribution in [0, 0.1) is 6.92 Å². The van der Waals surface area contributed by atoms with Gasteiger partial charge in [0.1, 0.15) is 0 Å². The van der Waals surface area contributed by atoms with Gasteiger partial charge in [-0.1, -0.05) is 18.2 Å². The van der Waals surface area contributed by atoms with Crippen LogP contribution in [0.2, 0.25) is 0 Å². The van der Waals surface area contributed by atoms with Gasteiger partial charge < -0.3 is 4.90 Å². The first-order chi connectivity index (χ1) is 11.2. The molecule has 1 aliphatic rings. The standard InChI is InChI=1S/C18H18N4O/c1-12-10-20-21-16(12)14-7-9-22(11-14)18(23)15-6-2-4-13-5-3-8-19-17(13)15/h2-6,8,10,14H,7,9,11H2,1H3,(H,20,21)/t14-/m1/s1. The molecule has 1 fully saturated rings. The van der Waals surface area contributed by atoms with Crippen LogP contribution in [-0.4, -0.2) is 39.1 Å². The molecule has 0 unspecified atom stereocenters. The fraction of sp³-hybridized carbons (Fsp3) is 0.278. The summed E-state index contributed by atoms with van der Waals surface area (Å²) in [5, 5.41) is 8.17. The summed E-state index contributed by atoms with van der Waals surface area (Å²) in [6, 6.07) is 9.65. The van der Waals surface area contributed by atoms with Crippen LogP contribution in [0.4, 0.5) is 0 Å². The molecule has 5 heteroatoms. The van der Waals surface area contributed by atoms with Gasteiger partial charge in [0.15, 0.2) is 0 Å². The average Bonchev–Trinajstić information content (AvgIpc) is 3.22. The molecule has 1 aliphatic heterocycles. The zero-order valence-electron chi connectivity index (χ0n) is 13.0. The molecule has 1 atom stereocenters. The molecule has 5 nitrogen and oxygen atoms in total. The van der Waals surface area contributed by atoms with Crippen molar-refractivity contribution < 1.29 is 4.79 Å². The van der Waals surface area contributed by atoms with Crippen molar-refractivity contribution in [3.63, 3.8) is 0 Å². The van der Waals surface area contributed by atoms with Gasteiger partial charge in [-0.05, 0) is 31.0 Å². The SMILES string of the molecule is Cc1cn[nH]c1[C@@H]1CCN(C(=O)c2cccc3cccnc23)C1. The fourth-order valence-corrected chi connectivity index (χ4v) is 3.40. The summed E-state index contributed by atoms with van der Waals surface area (Å²) in [5.41, 5.74) is 3.78. The molecule has 0 spiro atoms. The van der Waals surface area contributed by atoms with Crippen molar-refractivity contribution in [1.29, 1.82) is 0 Å². The molecule has 1 saturated heterocycles. The molecule has 116 valence electrons. The number of aromatic nitrogens is 3. The van der Waals surface area contributed by atoms with E-state index in [-0.39, 0.29) is 5.91 Å². The van der Waals surface area contributed by atoms with Gasteiger partial charge in [-0.25, -0.2) is 0 Å². The lowest BCUT2D eigenvalue weighted by atomic mass is 10.0. The normalized spacial score (nSPS) is 17.8. The van der Waals surface area contributed by atoms with Crippen LogP contribution < -0.4 is 0 Å². The number of likely N-dealkylation sites (tertiary alicyclic amines) is 1. The highest BCUT2D eigenvalue weighted by molar-refractivity contribution is 6.05. The molecule has 2 aromatic heterocycles. The minimum atomic E-state index is 0.0639. The first-order valence-corrected chi connectivity index (χ1v) is 7.87. The van der Waals surface area contributed by atoms with Gasteiger partial charge in [-0.3, -0.25) is 14.9 Å². The van der Waals surface area contributed by atoms with Crippen LogP contribution in [0.5, 0.6) is 0 Å². The molecular formula is C18H18N4O. The highest BCUT2D eigenvalue weighted by Gasteiger charge is 2.30. The highest BCUT2D eigenvalue weighted by atomic mass is 16.2. The second kappa shape index (κ2) is 5.50. The lowest BCUT2D eigenvalue weighted by Crippen LogP contribution is -2.28. The Balaban J connectivity index is 1.61. The molecule has 1 amide bonds. The van der Waals surface area contributed by atoms with Crippen molar-refractivity contribution in [2.75, 3.05) is 13.1 Å². The lowest BCUT2D eigenvalue weighted by Gasteiger charge is -2.17. The van der Waals surface area contributed by atoms with Crippen molar-refractivity contribution in [2.45, 2.75) is 19.3 Å². The number of fused-ring (bicyclic) bond motifs is 1. The second-order valence-corrected chi connectivity index (χ2v) is 6.08. The highest BCUT2D eigenvalue weighted by Crippen LogP contribution is 2.29. The van der Waals surface area contributed by atoms with Crippen LogP contribution >= 0.6 is 0 Å². The van der Waals surface area contributed by atoms with E-state index in [1.54, 1.807) is 6.20 Å². The summed E-state index contributed by atoms with van der Waals surface area (Å²) in [5.74, 6) is 0.401. The van der Waals surface area contributed by atoms with E-state index in [0.29, 0.717) is 11.5 Å². The summed E-state index contributed by atoms with van der Waals surface area (Å²) in [7, 11) is 0. The van der Waals surface area contributed by atoms with E-state index in [4.69, 9.17) is 0 Å². The number of aryl methyl sites for hydroxylation is 1. The van der Waals surface area contributed by atoms with E-state index >= 15 is 0 Å². The largest absolute Gasteiger partial charge is 0.338 e. The van der Waals surface area contributed by atoms with Crippen molar-refractivity contribution >= 4 is 16.8 Å². The van der Waals surface area contributed by atoms with Crippen molar-refractivity contribution in [2.24, 2.45) is 0 Å². The minimum Gasteiger partial charge on any atom is -0.338 e. The topological polar surface area (TPSA) is 61.9 Å². The van der Waals surface area contributed by atoms with Gasteiger partial charge in [0.2, 0.25) is 0 Å². The Morgan fingerprint density at radius 2 is 2.17 bits per heavy atom. The number of H-pyrrole nitrogens is 1. The predicted octanol–water partition coefficient (Wildman–Crippen LogP) is 2.90. The Bertz CT molecular complexity index is 865. The average molecular weight is 306 g/mol. The number of aromatic amines is 1. The van der Waals surface area contributed by atoms with Gasteiger partial charge in [0.25, 0.3) is 5.91 Å². The van der Waals surface area contributed by atoms with E-state index < -0.39 is 0 Å². The fourth-order valence-electron chi connectivity index (χ4n) is 3.40. The van der Waals surface area contributed by atoms with Gasteiger partial charge in [-0.15, -0.1) is 0 Å². The van der Waals surface area contributed by atoms with Gasteiger partial charge in [0, 0.05) is 36.3 Å². The zero-order chi connectivity index (χ0) is 15.8. The number of nitrogens with one attached hydrogen (secondary N) is 1. The number of carbonyl (C=O) groups is 1. The second-order valence-electron chi connectivity index (χ2n) is 6.08. The minimum absolute atomic E-state index is 0.0639. The molecule has 23 heavy (non-hydrogen) atoms. The van der Waals surface area contributed by atoms with E-state index in [2.05, 4.69) is 22.1 Å². The van der Waals surface area contributed by atoms with Gasteiger partial charge in [0.05, 0.1) is 17.3 Å². The number of hydrogen-bond acceptors (Lipinski definition) is 3. The van der Waals surface area contributed by atoms with E-state index in [1.807, 2.05) is 41.4 Å². The molecule has 0 saturated carbocycles. The third-order valence-electron chi connectivity index (χ3n) is 4.61. The Labute approximate surface area is 134 Å². The third kappa shape index (κ3) is 2.38. The third-order valence-corrected chi connectivity index (χ3v) is 4.61. The first-order valence-electron chi connectivity index (χ1n) is 7.87. The van der Waals surface area contributed by atoms with E-state index in [1.165, 1.54) is 0 Å². The molecule has 0 radical (unpaired) electrons. The smallest absolute Gasteiger partial charge is 0.256 e. The maximum atomic E-state index is 12.9. The summed E-state index contributed by atoms with van der Waals surface area (Å²) >= 11 is 0. The van der Waals surface area contributed by atoms with E-state index in [9.17, 15) is 4.79 Å². The number of benzene rings is 1. The summed E-state index contributed by atoms with van der Waals surface area (Å²) in [6.07, 6.45) is 4.54. The van der Waals surface area contributed by atoms with Crippen LogP contribution in [0.25, 0.3) is 10.9 Å². The lowest BCUT2D eigenvalue weighted by molar-refractivity contribution is 0.0792. The number of para-hydroxylation sites is 1. The summed E-state index contributed by atoms with van der Waals surface area (Å²) < 4.78 is 0. The Kier molecular flexibility index (Phi) is 3.33. The molecule has 1 N–H and O–H groups in total. The summed E-state index contributed by atoms with van der Waals surface area (Å²) in [6.45, 7) is 3.55. The molecule has 4 rings (SSSR count). The zero-order valence-corrected chi connectivity index (χ0v) is 13.0. The van der Waals surface area contributed by atoms with Crippen molar-refractivity contribution in [1.82, 2.24) is 20.1 Å². The number of hydrogen-bond donors (Lipinski definition) is 1. The maximum Gasteiger partial charge on any atom is 0.256 e. The van der Waals surface area contributed by atoms with Crippen molar-refractivity contribution in [3.8, 4) is 0 Å². The molecule has 0 aliphatic carbocycles. The Morgan fingerprint density at radius 3 is 3.00 bits per heavy atom. The Morgan fingerprint density at radius 1 is 1.30 bits per heavy atom. The number of carbonyl (C=O) groups excluding carboxylic acids is 1. The molecular weight excluding hydrogens is 288 g/mol.